The first-order chi connectivity index (χ1) is 13.6. The zero-order chi connectivity index (χ0) is 21.3. The van der Waals surface area contributed by atoms with E-state index in [0.717, 1.165) is 0 Å². The van der Waals surface area contributed by atoms with Crippen LogP contribution in [0.5, 0.6) is 0 Å². The van der Waals surface area contributed by atoms with Crippen molar-refractivity contribution in [3.63, 3.8) is 0 Å². The number of hydrogen-bond acceptors (Lipinski definition) is 5. The van der Waals surface area contributed by atoms with E-state index in [-0.39, 0.29) is 17.7 Å². The van der Waals surface area contributed by atoms with E-state index in [1.807, 2.05) is 32.6 Å². The van der Waals surface area contributed by atoms with Gasteiger partial charge in [-0.05, 0) is 46.6 Å². The molecule has 0 bridgehead atoms. The van der Waals surface area contributed by atoms with Crippen LogP contribution in [-0.4, -0.2) is 63.5 Å². The number of anilines is 1. The van der Waals surface area contributed by atoms with Crippen LogP contribution in [0.15, 0.2) is 12.3 Å². The Morgan fingerprint density at radius 1 is 1.38 bits per heavy atom. The SMILES string of the molecule is CCN(C(=O)OC(C)(C)C)C1CCN(c2cc(F)c(C(=O)O)c3[nH]ncc23)CC1. The van der Waals surface area contributed by atoms with Crippen LogP contribution in [0.3, 0.4) is 0 Å². The maximum absolute atomic E-state index is 14.5. The van der Waals surface area contributed by atoms with Gasteiger partial charge < -0.3 is 19.6 Å². The molecule has 1 aliphatic heterocycles. The number of aromatic amines is 1. The van der Waals surface area contributed by atoms with Gasteiger partial charge in [0.2, 0.25) is 0 Å². The fraction of sp³-hybridized carbons (Fsp3) is 0.550. The van der Waals surface area contributed by atoms with Gasteiger partial charge in [0.15, 0.2) is 0 Å². The van der Waals surface area contributed by atoms with Crippen LogP contribution in [0.2, 0.25) is 0 Å². The van der Waals surface area contributed by atoms with Crippen LogP contribution in [0.1, 0.15) is 50.9 Å². The van der Waals surface area contributed by atoms with E-state index in [2.05, 4.69) is 10.2 Å². The number of carbonyl (C=O) groups excluding carboxylic acids is 1. The van der Waals surface area contributed by atoms with Gasteiger partial charge in [0.1, 0.15) is 17.0 Å². The molecule has 1 aliphatic rings. The smallest absolute Gasteiger partial charge is 0.410 e. The molecule has 3 rings (SSSR count). The maximum atomic E-state index is 14.5. The summed E-state index contributed by atoms with van der Waals surface area (Å²) in [5.74, 6) is -2.13. The molecule has 2 aromatic rings. The normalized spacial score (nSPS) is 15.6. The number of amides is 1. The molecule has 1 fully saturated rings. The summed E-state index contributed by atoms with van der Waals surface area (Å²) in [6.45, 7) is 9.21. The second kappa shape index (κ2) is 7.88. The number of H-pyrrole nitrogens is 1. The van der Waals surface area contributed by atoms with E-state index in [4.69, 9.17) is 4.74 Å². The highest BCUT2D eigenvalue weighted by Gasteiger charge is 2.31. The molecule has 1 saturated heterocycles. The Kier molecular flexibility index (Phi) is 5.68. The highest BCUT2D eigenvalue weighted by Crippen LogP contribution is 2.33. The number of hydrogen-bond donors (Lipinski definition) is 2. The number of benzene rings is 1. The number of ether oxygens (including phenoxy) is 1. The molecule has 1 aromatic carbocycles. The molecule has 1 amide bonds. The van der Waals surface area contributed by atoms with Crippen molar-refractivity contribution in [3.05, 3.63) is 23.6 Å². The minimum absolute atomic E-state index is 0.0362. The van der Waals surface area contributed by atoms with Crippen molar-refractivity contribution in [2.45, 2.75) is 52.2 Å². The Labute approximate surface area is 168 Å². The van der Waals surface area contributed by atoms with Crippen LogP contribution in [0, 0.1) is 5.82 Å². The molecule has 0 aliphatic carbocycles. The molecule has 29 heavy (non-hydrogen) atoms. The lowest BCUT2D eigenvalue weighted by molar-refractivity contribution is 0.0149. The third kappa shape index (κ3) is 4.28. The van der Waals surface area contributed by atoms with Crippen molar-refractivity contribution in [1.82, 2.24) is 15.1 Å². The highest BCUT2D eigenvalue weighted by molar-refractivity contribution is 6.06. The minimum atomic E-state index is -1.34. The second-order valence-corrected chi connectivity index (χ2v) is 8.20. The Balaban J connectivity index is 1.77. The standard InChI is InChI=1S/C20H27FN4O4/c1-5-25(19(28)29-20(2,3)4)12-6-8-24(9-7-12)15-10-14(21)16(18(26)27)17-13(15)11-22-23-17/h10-12H,5-9H2,1-4H3,(H,22,23)(H,26,27). The fourth-order valence-corrected chi connectivity index (χ4v) is 3.81. The van der Waals surface area contributed by atoms with Gasteiger partial charge in [-0.3, -0.25) is 5.10 Å². The van der Waals surface area contributed by atoms with Gasteiger partial charge in [0, 0.05) is 31.1 Å². The van der Waals surface area contributed by atoms with Crippen LogP contribution in [0.25, 0.3) is 10.9 Å². The third-order valence-corrected chi connectivity index (χ3v) is 5.10. The first-order valence-corrected chi connectivity index (χ1v) is 9.75. The second-order valence-electron chi connectivity index (χ2n) is 8.20. The van der Waals surface area contributed by atoms with Gasteiger partial charge in [0.25, 0.3) is 0 Å². The number of nitrogens with zero attached hydrogens (tertiary/aromatic N) is 3. The zero-order valence-electron chi connectivity index (χ0n) is 17.2. The van der Waals surface area contributed by atoms with E-state index in [1.165, 1.54) is 12.3 Å². The largest absolute Gasteiger partial charge is 0.478 e. The maximum Gasteiger partial charge on any atom is 0.410 e. The molecule has 2 N–H and O–H groups in total. The molecule has 0 unspecified atom stereocenters. The molecule has 1 aromatic heterocycles. The van der Waals surface area contributed by atoms with E-state index >= 15 is 0 Å². The number of carboxylic acid groups (broad SMARTS) is 1. The Hall–Kier alpha value is -2.84. The number of fused-ring (bicyclic) bond motifs is 1. The molecule has 9 heteroatoms. The van der Waals surface area contributed by atoms with E-state index in [9.17, 15) is 19.1 Å². The predicted molar refractivity (Wildman–Crippen MR) is 107 cm³/mol. The Morgan fingerprint density at radius 2 is 2.03 bits per heavy atom. The van der Waals surface area contributed by atoms with Crippen molar-refractivity contribution < 1.29 is 23.8 Å². The van der Waals surface area contributed by atoms with E-state index < -0.39 is 23.0 Å². The molecule has 8 nitrogen and oxygen atoms in total. The fourth-order valence-electron chi connectivity index (χ4n) is 3.81. The molecular formula is C20H27FN4O4. The molecule has 0 spiro atoms. The number of halogens is 1. The van der Waals surface area contributed by atoms with Crippen LogP contribution < -0.4 is 4.90 Å². The first-order valence-electron chi connectivity index (χ1n) is 9.75. The summed E-state index contributed by atoms with van der Waals surface area (Å²) in [5, 5.41) is 16.4. The summed E-state index contributed by atoms with van der Waals surface area (Å²) in [6.07, 6.45) is 2.60. The number of aromatic carboxylic acids is 1. The third-order valence-electron chi connectivity index (χ3n) is 5.10. The average Bonchev–Trinajstić information content (AvgIpc) is 3.09. The summed E-state index contributed by atoms with van der Waals surface area (Å²) < 4.78 is 20.0. The van der Waals surface area contributed by atoms with E-state index in [0.29, 0.717) is 43.5 Å². The van der Waals surface area contributed by atoms with Gasteiger partial charge in [-0.25, -0.2) is 14.0 Å². The van der Waals surface area contributed by atoms with Crippen LogP contribution >= 0.6 is 0 Å². The van der Waals surface area contributed by atoms with Gasteiger partial charge in [-0.15, -0.1) is 0 Å². The highest BCUT2D eigenvalue weighted by atomic mass is 19.1. The summed E-state index contributed by atoms with van der Waals surface area (Å²) in [5.41, 5.74) is -0.173. The lowest BCUT2D eigenvalue weighted by atomic mass is 10.0. The molecule has 0 atom stereocenters. The molecule has 158 valence electrons. The number of rotatable bonds is 4. The van der Waals surface area contributed by atoms with Crippen molar-refractivity contribution in [3.8, 4) is 0 Å². The van der Waals surface area contributed by atoms with Crippen molar-refractivity contribution in [2.24, 2.45) is 0 Å². The van der Waals surface area contributed by atoms with Crippen molar-refractivity contribution in [1.29, 1.82) is 0 Å². The Bertz CT molecular complexity index is 913. The van der Waals surface area contributed by atoms with Gasteiger partial charge in [-0.2, -0.15) is 5.10 Å². The number of carbonyl (C=O) groups is 2. The summed E-state index contributed by atoms with van der Waals surface area (Å²) in [6, 6.07) is 1.29. The summed E-state index contributed by atoms with van der Waals surface area (Å²) in [4.78, 5) is 27.6. The Morgan fingerprint density at radius 3 is 2.59 bits per heavy atom. The topological polar surface area (TPSA) is 98.8 Å². The lowest BCUT2D eigenvalue weighted by Crippen LogP contribution is -2.48. The number of carboxylic acids is 1. The quantitative estimate of drug-likeness (QED) is 0.805. The predicted octanol–water partition coefficient (Wildman–Crippen LogP) is 3.63. The number of aromatic nitrogens is 2. The number of piperidine rings is 1. The minimum Gasteiger partial charge on any atom is -0.478 e. The molecule has 0 saturated carbocycles. The summed E-state index contributed by atoms with van der Waals surface area (Å²) in [7, 11) is 0. The van der Waals surface area contributed by atoms with Gasteiger partial charge in [0.05, 0.1) is 17.4 Å². The first kappa shape index (κ1) is 20.9. The monoisotopic (exact) mass is 406 g/mol. The van der Waals surface area contributed by atoms with Gasteiger partial charge >= 0.3 is 12.1 Å². The van der Waals surface area contributed by atoms with Gasteiger partial charge in [-0.1, -0.05) is 0 Å². The molecule has 0 radical (unpaired) electrons. The van der Waals surface area contributed by atoms with Crippen molar-refractivity contribution in [2.75, 3.05) is 24.5 Å². The summed E-state index contributed by atoms with van der Waals surface area (Å²) >= 11 is 0. The molecule has 2 heterocycles. The zero-order valence-corrected chi connectivity index (χ0v) is 17.2. The molecular weight excluding hydrogens is 379 g/mol. The van der Waals surface area contributed by atoms with Crippen molar-refractivity contribution >= 4 is 28.7 Å². The lowest BCUT2D eigenvalue weighted by Gasteiger charge is -2.39. The van der Waals surface area contributed by atoms with Crippen LogP contribution in [-0.2, 0) is 4.74 Å². The number of nitrogens with one attached hydrogen (secondary N) is 1. The van der Waals surface area contributed by atoms with Crippen LogP contribution in [0.4, 0.5) is 14.9 Å². The average molecular weight is 406 g/mol. The van der Waals surface area contributed by atoms with E-state index in [1.54, 1.807) is 4.90 Å².